The Labute approximate surface area is 166 Å². The van der Waals surface area contributed by atoms with Gasteiger partial charge in [0.15, 0.2) is 0 Å². The van der Waals surface area contributed by atoms with Gasteiger partial charge < -0.3 is 9.72 Å². The zero-order valence-corrected chi connectivity index (χ0v) is 17.3. The number of hydrogen-bond acceptors (Lipinski definition) is 3. The number of benzene rings is 2. The summed E-state index contributed by atoms with van der Waals surface area (Å²) in [6.45, 7) is 5.01. The van der Waals surface area contributed by atoms with Gasteiger partial charge in [0.25, 0.3) is 0 Å². The molecular formula is C22H26N2O3S. The number of aromatic amines is 1. The molecule has 28 heavy (non-hydrogen) atoms. The number of methoxy groups -OCH3 is 1. The third kappa shape index (κ3) is 3.42. The van der Waals surface area contributed by atoms with E-state index in [2.05, 4.69) is 36.2 Å². The maximum absolute atomic E-state index is 13.2. The second-order valence-corrected chi connectivity index (χ2v) is 9.55. The molecule has 0 unspecified atom stereocenters. The largest absolute Gasteiger partial charge is 0.495 e. The standard InChI is InChI=1S/C22H26N2O3S/c1-15-4-6-19-18(12-15)14-20(23-19)17-8-10-24(11-9-17)28(25,26)22-13-16(2)5-7-21(22)27-3/h4-7,12-14,17,23H,8-11H2,1-3H3. The van der Waals surface area contributed by atoms with Gasteiger partial charge in [-0.25, -0.2) is 8.42 Å². The first-order valence-electron chi connectivity index (χ1n) is 9.62. The Kier molecular flexibility index (Phi) is 4.93. The third-order valence-electron chi connectivity index (χ3n) is 5.63. The summed E-state index contributed by atoms with van der Waals surface area (Å²) in [4.78, 5) is 3.77. The number of aryl methyl sites for hydroxylation is 2. The van der Waals surface area contributed by atoms with Crippen molar-refractivity contribution in [3.63, 3.8) is 0 Å². The molecule has 1 aliphatic heterocycles. The predicted octanol–water partition coefficient (Wildman–Crippen LogP) is 4.36. The summed E-state index contributed by atoms with van der Waals surface area (Å²) in [6.07, 6.45) is 1.61. The maximum atomic E-state index is 13.2. The Balaban J connectivity index is 1.54. The van der Waals surface area contributed by atoms with Crippen molar-refractivity contribution < 1.29 is 13.2 Å². The average Bonchev–Trinajstić information content (AvgIpc) is 3.11. The summed E-state index contributed by atoms with van der Waals surface area (Å²) in [5, 5.41) is 1.22. The van der Waals surface area contributed by atoms with Crippen molar-refractivity contribution in [2.45, 2.75) is 37.5 Å². The van der Waals surface area contributed by atoms with Gasteiger partial charge in [0, 0.05) is 30.2 Å². The smallest absolute Gasteiger partial charge is 0.246 e. The second kappa shape index (κ2) is 7.26. The molecule has 0 atom stereocenters. The van der Waals surface area contributed by atoms with E-state index in [0.29, 0.717) is 24.8 Å². The number of ether oxygens (including phenoxy) is 1. The predicted molar refractivity (Wildman–Crippen MR) is 112 cm³/mol. The number of sulfonamides is 1. The second-order valence-electron chi connectivity index (χ2n) is 7.65. The Morgan fingerprint density at radius 1 is 1.00 bits per heavy atom. The van der Waals surface area contributed by atoms with Crippen LogP contribution in [0.4, 0.5) is 0 Å². The number of piperidine rings is 1. The number of fused-ring (bicyclic) bond motifs is 1. The topological polar surface area (TPSA) is 62.4 Å². The molecule has 2 aromatic carbocycles. The van der Waals surface area contributed by atoms with E-state index in [1.54, 1.807) is 16.4 Å². The van der Waals surface area contributed by atoms with Crippen LogP contribution in [0.15, 0.2) is 47.4 Å². The van der Waals surface area contributed by atoms with Gasteiger partial charge in [0.2, 0.25) is 10.0 Å². The molecule has 1 N–H and O–H groups in total. The molecule has 0 amide bonds. The fraction of sp³-hybridized carbons (Fsp3) is 0.364. The lowest BCUT2D eigenvalue weighted by atomic mass is 9.95. The van der Waals surface area contributed by atoms with E-state index in [1.807, 2.05) is 13.0 Å². The number of nitrogens with zero attached hydrogens (tertiary/aromatic N) is 1. The zero-order valence-electron chi connectivity index (χ0n) is 16.5. The van der Waals surface area contributed by atoms with Crippen molar-refractivity contribution in [3.05, 3.63) is 59.3 Å². The van der Waals surface area contributed by atoms with E-state index >= 15 is 0 Å². The fourth-order valence-corrected chi connectivity index (χ4v) is 5.74. The summed E-state index contributed by atoms with van der Waals surface area (Å²) in [5.74, 6) is 0.747. The molecular weight excluding hydrogens is 372 g/mol. The number of rotatable bonds is 4. The molecule has 1 saturated heterocycles. The zero-order chi connectivity index (χ0) is 19.9. The molecule has 2 heterocycles. The van der Waals surface area contributed by atoms with Crippen molar-refractivity contribution in [3.8, 4) is 5.75 Å². The summed E-state index contributed by atoms with van der Waals surface area (Å²) in [5.41, 5.74) is 4.49. The first-order valence-corrected chi connectivity index (χ1v) is 11.1. The number of hydrogen-bond donors (Lipinski definition) is 1. The molecule has 0 bridgehead atoms. The highest BCUT2D eigenvalue weighted by molar-refractivity contribution is 7.89. The van der Waals surface area contributed by atoms with Gasteiger partial charge in [-0.3, -0.25) is 0 Å². The van der Waals surface area contributed by atoms with Gasteiger partial charge in [-0.15, -0.1) is 0 Å². The lowest BCUT2D eigenvalue weighted by Crippen LogP contribution is -2.38. The van der Waals surface area contributed by atoms with Crippen LogP contribution in [-0.2, 0) is 10.0 Å². The van der Waals surface area contributed by atoms with Crippen molar-refractivity contribution in [1.82, 2.24) is 9.29 Å². The molecule has 1 aromatic heterocycles. The highest BCUT2D eigenvalue weighted by Gasteiger charge is 2.32. The molecule has 0 spiro atoms. The molecule has 1 fully saturated rings. The quantitative estimate of drug-likeness (QED) is 0.710. The molecule has 0 radical (unpaired) electrons. The molecule has 148 valence electrons. The van der Waals surface area contributed by atoms with Crippen LogP contribution in [-0.4, -0.2) is 37.9 Å². The SMILES string of the molecule is COc1ccc(C)cc1S(=O)(=O)N1CCC(c2cc3cc(C)ccc3[nH]2)CC1. The Bertz CT molecular complexity index is 1110. The highest BCUT2D eigenvalue weighted by Crippen LogP contribution is 2.34. The molecule has 5 nitrogen and oxygen atoms in total. The monoisotopic (exact) mass is 398 g/mol. The van der Waals surface area contributed by atoms with Gasteiger partial charge in [0.1, 0.15) is 10.6 Å². The van der Waals surface area contributed by atoms with Gasteiger partial charge in [-0.05, 0) is 68.0 Å². The first kappa shape index (κ1) is 19.0. The van der Waals surface area contributed by atoms with Gasteiger partial charge >= 0.3 is 0 Å². The van der Waals surface area contributed by atoms with Crippen molar-refractivity contribution in [1.29, 1.82) is 0 Å². The molecule has 4 rings (SSSR count). The average molecular weight is 399 g/mol. The van der Waals surface area contributed by atoms with Crippen molar-refractivity contribution >= 4 is 20.9 Å². The minimum Gasteiger partial charge on any atom is -0.495 e. The van der Waals surface area contributed by atoms with Crippen LogP contribution in [0.3, 0.4) is 0 Å². The lowest BCUT2D eigenvalue weighted by Gasteiger charge is -2.31. The van der Waals surface area contributed by atoms with E-state index in [9.17, 15) is 8.42 Å². The third-order valence-corrected chi connectivity index (χ3v) is 7.55. The maximum Gasteiger partial charge on any atom is 0.246 e. The van der Waals surface area contributed by atoms with Crippen molar-refractivity contribution in [2.75, 3.05) is 20.2 Å². The highest BCUT2D eigenvalue weighted by atomic mass is 32.2. The molecule has 3 aromatic rings. The van der Waals surface area contributed by atoms with Crippen LogP contribution in [0.25, 0.3) is 10.9 Å². The van der Waals surface area contributed by atoms with Crippen LogP contribution in [0.1, 0.15) is 35.6 Å². The van der Waals surface area contributed by atoms with E-state index in [0.717, 1.165) is 23.9 Å². The number of H-pyrrole nitrogens is 1. The van der Waals surface area contributed by atoms with Crippen LogP contribution < -0.4 is 4.74 Å². The van der Waals surface area contributed by atoms with Crippen molar-refractivity contribution in [2.24, 2.45) is 0 Å². The minimum absolute atomic E-state index is 0.259. The first-order chi connectivity index (χ1) is 13.4. The molecule has 0 saturated carbocycles. The van der Waals surface area contributed by atoms with Gasteiger partial charge in [0.05, 0.1) is 7.11 Å². The number of nitrogens with one attached hydrogen (secondary N) is 1. The number of aromatic nitrogens is 1. The Morgan fingerprint density at radius 3 is 2.39 bits per heavy atom. The van der Waals surface area contributed by atoms with Crippen LogP contribution in [0.5, 0.6) is 5.75 Å². The molecule has 1 aliphatic rings. The Hall–Kier alpha value is -2.31. The lowest BCUT2D eigenvalue weighted by molar-refractivity contribution is 0.315. The summed E-state index contributed by atoms with van der Waals surface area (Å²) >= 11 is 0. The molecule has 0 aliphatic carbocycles. The molecule has 6 heteroatoms. The van der Waals surface area contributed by atoms with Crippen LogP contribution >= 0.6 is 0 Å². The van der Waals surface area contributed by atoms with Crippen LogP contribution in [0.2, 0.25) is 0 Å². The summed E-state index contributed by atoms with van der Waals surface area (Å²) in [6, 6.07) is 13.9. The fourth-order valence-electron chi connectivity index (χ4n) is 4.03. The minimum atomic E-state index is -3.57. The summed E-state index contributed by atoms with van der Waals surface area (Å²) in [7, 11) is -2.06. The normalized spacial score (nSPS) is 16.5. The van der Waals surface area contributed by atoms with E-state index in [4.69, 9.17) is 4.74 Å². The van der Waals surface area contributed by atoms with Gasteiger partial charge in [-0.1, -0.05) is 17.7 Å². The van der Waals surface area contributed by atoms with E-state index in [-0.39, 0.29) is 4.90 Å². The van der Waals surface area contributed by atoms with E-state index in [1.165, 1.54) is 23.8 Å². The van der Waals surface area contributed by atoms with Gasteiger partial charge in [-0.2, -0.15) is 4.31 Å². The summed E-state index contributed by atoms with van der Waals surface area (Å²) < 4.78 is 33.2. The van der Waals surface area contributed by atoms with Crippen LogP contribution in [0, 0.1) is 13.8 Å². The van der Waals surface area contributed by atoms with E-state index < -0.39 is 10.0 Å². The Morgan fingerprint density at radius 2 is 1.68 bits per heavy atom.